The number of ether oxygens (including phenoxy) is 1. The van der Waals surface area contributed by atoms with Gasteiger partial charge in [0.25, 0.3) is 0 Å². The molecule has 0 N–H and O–H groups in total. The van der Waals surface area contributed by atoms with E-state index in [1.807, 2.05) is 25.1 Å². The summed E-state index contributed by atoms with van der Waals surface area (Å²) in [5.74, 6) is 0.731. The molecule has 0 aliphatic carbocycles. The zero-order chi connectivity index (χ0) is 14.5. The lowest BCUT2D eigenvalue weighted by Crippen LogP contribution is -1.97. The van der Waals surface area contributed by atoms with E-state index in [9.17, 15) is 10.1 Å². The topological polar surface area (TPSA) is 89.0 Å². The van der Waals surface area contributed by atoms with Crippen LogP contribution in [0.2, 0.25) is 0 Å². The summed E-state index contributed by atoms with van der Waals surface area (Å²) < 4.78 is 5.51. The Kier molecular flexibility index (Phi) is 3.91. The van der Waals surface area contributed by atoms with Crippen molar-refractivity contribution >= 4 is 5.69 Å². The quantitative estimate of drug-likeness (QED) is 0.628. The zero-order valence-corrected chi connectivity index (χ0v) is 10.7. The maximum absolute atomic E-state index is 10.7. The summed E-state index contributed by atoms with van der Waals surface area (Å²) in [5.41, 5.74) is 0.506. The van der Waals surface area contributed by atoms with Crippen LogP contribution >= 0.6 is 0 Å². The van der Waals surface area contributed by atoms with Gasteiger partial charge in [-0.05, 0) is 24.1 Å². The van der Waals surface area contributed by atoms with Gasteiger partial charge in [0.1, 0.15) is 11.8 Å². The van der Waals surface area contributed by atoms with Crippen LogP contribution in [0.5, 0.6) is 11.6 Å². The average molecular weight is 269 g/mol. The van der Waals surface area contributed by atoms with Crippen LogP contribution in [0.1, 0.15) is 18.2 Å². The number of benzene rings is 1. The summed E-state index contributed by atoms with van der Waals surface area (Å²) in [4.78, 5) is 13.9. The summed E-state index contributed by atoms with van der Waals surface area (Å²) in [6, 6.07) is 11.7. The second-order valence-electron chi connectivity index (χ2n) is 3.99. The lowest BCUT2D eigenvalue weighted by Gasteiger charge is -2.06. The van der Waals surface area contributed by atoms with E-state index in [1.165, 1.54) is 12.1 Å². The van der Waals surface area contributed by atoms with Gasteiger partial charge >= 0.3 is 5.69 Å². The Balaban J connectivity index is 2.30. The summed E-state index contributed by atoms with van der Waals surface area (Å²) in [5, 5.41) is 19.6. The van der Waals surface area contributed by atoms with Gasteiger partial charge in [0.05, 0.1) is 4.92 Å². The highest BCUT2D eigenvalue weighted by Crippen LogP contribution is 2.24. The fourth-order valence-electron chi connectivity index (χ4n) is 1.67. The molecule has 6 heteroatoms. The van der Waals surface area contributed by atoms with Crippen molar-refractivity contribution < 1.29 is 9.66 Å². The number of rotatable bonds is 4. The van der Waals surface area contributed by atoms with Gasteiger partial charge in [-0.15, -0.1) is 0 Å². The lowest BCUT2D eigenvalue weighted by molar-refractivity contribution is -0.385. The van der Waals surface area contributed by atoms with Gasteiger partial charge in [-0.3, -0.25) is 10.1 Å². The first-order valence-corrected chi connectivity index (χ1v) is 5.96. The number of nitro groups is 1. The van der Waals surface area contributed by atoms with E-state index < -0.39 is 4.92 Å². The van der Waals surface area contributed by atoms with Crippen LogP contribution in [-0.4, -0.2) is 9.91 Å². The van der Waals surface area contributed by atoms with Crippen molar-refractivity contribution in [2.45, 2.75) is 13.3 Å². The molecule has 2 aromatic rings. The largest absolute Gasteiger partial charge is 0.439 e. The molecule has 0 radical (unpaired) electrons. The van der Waals surface area contributed by atoms with Gasteiger partial charge in [-0.25, -0.2) is 0 Å². The van der Waals surface area contributed by atoms with Gasteiger partial charge in [0, 0.05) is 12.1 Å². The van der Waals surface area contributed by atoms with Crippen LogP contribution in [0.3, 0.4) is 0 Å². The van der Waals surface area contributed by atoms with E-state index in [1.54, 1.807) is 12.1 Å². The second kappa shape index (κ2) is 5.80. The normalized spacial score (nSPS) is 9.80. The molecule has 20 heavy (non-hydrogen) atoms. The van der Waals surface area contributed by atoms with Crippen LogP contribution in [0, 0.1) is 21.4 Å². The predicted molar refractivity (Wildman–Crippen MR) is 71.5 cm³/mol. The number of aryl methyl sites for hydroxylation is 1. The molecule has 1 aromatic heterocycles. The van der Waals surface area contributed by atoms with Crippen molar-refractivity contribution in [3.05, 3.63) is 57.8 Å². The van der Waals surface area contributed by atoms with E-state index in [2.05, 4.69) is 4.98 Å². The molecular formula is C14H11N3O3. The van der Waals surface area contributed by atoms with Crippen molar-refractivity contribution in [2.24, 2.45) is 0 Å². The van der Waals surface area contributed by atoms with E-state index in [-0.39, 0.29) is 17.3 Å². The van der Waals surface area contributed by atoms with Crippen molar-refractivity contribution in [3.8, 4) is 17.7 Å². The highest BCUT2D eigenvalue weighted by atomic mass is 16.6. The molecule has 0 aliphatic heterocycles. The van der Waals surface area contributed by atoms with Gasteiger partial charge in [0.2, 0.25) is 11.6 Å². The lowest BCUT2D eigenvalue weighted by atomic mass is 10.2. The van der Waals surface area contributed by atoms with Crippen molar-refractivity contribution in [2.75, 3.05) is 0 Å². The first-order valence-electron chi connectivity index (χ1n) is 5.96. The number of aromatic nitrogens is 1. The molecule has 0 saturated heterocycles. The van der Waals surface area contributed by atoms with Gasteiger partial charge in [-0.2, -0.15) is 10.2 Å². The summed E-state index contributed by atoms with van der Waals surface area (Å²) >= 11 is 0. The van der Waals surface area contributed by atoms with Crippen molar-refractivity contribution in [3.63, 3.8) is 0 Å². The van der Waals surface area contributed by atoms with Gasteiger partial charge in [0.15, 0.2) is 0 Å². The molecular weight excluding hydrogens is 258 g/mol. The Morgan fingerprint density at radius 2 is 2.20 bits per heavy atom. The first kappa shape index (κ1) is 13.5. The number of hydrogen-bond donors (Lipinski definition) is 0. The third-order valence-electron chi connectivity index (χ3n) is 2.68. The molecule has 0 aliphatic rings. The Hall–Kier alpha value is -2.94. The molecule has 0 saturated carbocycles. The van der Waals surface area contributed by atoms with Crippen molar-refractivity contribution in [1.29, 1.82) is 5.26 Å². The Morgan fingerprint density at radius 3 is 2.85 bits per heavy atom. The standard InChI is InChI=1S/C14H11N3O3/c1-2-10-4-3-5-11(8-10)20-14-7-6-13(17(18)19)12(9-15)16-14/h3-8H,2H2,1H3. The molecule has 0 bridgehead atoms. The molecule has 100 valence electrons. The summed E-state index contributed by atoms with van der Waals surface area (Å²) in [6.07, 6.45) is 0.869. The molecule has 2 rings (SSSR count). The van der Waals surface area contributed by atoms with Crippen LogP contribution in [0.4, 0.5) is 5.69 Å². The maximum Gasteiger partial charge on any atom is 0.305 e. The molecule has 1 aromatic carbocycles. The van der Waals surface area contributed by atoms with Crippen molar-refractivity contribution in [1.82, 2.24) is 4.98 Å². The second-order valence-corrected chi connectivity index (χ2v) is 3.99. The minimum atomic E-state index is -0.646. The van der Waals surface area contributed by atoms with E-state index >= 15 is 0 Å². The smallest absolute Gasteiger partial charge is 0.305 e. The number of pyridine rings is 1. The van der Waals surface area contributed by atoms with E-state index in [4.69, 9.17) is 10.00 Å². The number of nitrogens with zero attached hydrogens (tertiary/aromatic N) is 3. The molecule has 0 spiro atoms. The molecule has 6 nitrogen and oxygen atoms in total. The first-order chi connectivity index (χ1) is 9.63. The fraction of sp³-hybridized carbons (Fsp3) is 0.143. The third kappa shape index (κ3) is 2.90. The Morgan fingerprint density at radius 1 is 1.40 bits per heavy atom. The van der Waals surface area contributed by atoms with Gasteiger partial charge in [-0.1, -0.05) is 19.1 Å². The monoisotopic (exact) mass is 269 g/mol. The Labute approximate surface area is 115 Å². The molecule has 0 atom stereocenters. The minimum absolute atomic E-state index is 0.153. The Bertz CT molecular complexity index is 692. The van der Waals surface area contributed by atoms with Gasteiger partial charge < -0.3 is 4.74 Å². The molecule has 0 fully saturated rings. The zero-order valence-electron chi connectivity index (χ0n) is 10.7. The molecule has 0 amide bonds. The highest BCUT2D eigenvalue weighted by molar-refractivity contribution is 5.46. The predicted octanol–water partition coefficient (Wildman–Crippen LogP) is 3.22. The summed E-state index contributed by atoms with van der Waals surface area (Å²) in [6.45, 7) is 2.02. The average Bonchev–Trinajstić information content (AvgIpc) is 2.47. The minimum Gasteiger partial charge on any atom is -0.439 e. The summed E-state index contributed by atoms with van der Waals surface area (Å²) in [7, 11) is 0. The highest BCUT2D eigenvalue weighted by Gasteiger charge is 2.16. The molecule has 0 unspecified atom stereocenters. The fourth-order valence-corrected chi connectivity index (χ4v) is 1.67. The number of hydrogen-bond acceptors (Lipinski definition) is 5. The van der Waals surface area contributed by atoms with Crippen LogP contribution in [-0.2, 0) is 6.42 Å². The van der Waals surface area contributed by atoms with Crippen LogP contribution in [0.25, 0.3) is 0 Å². The third-order valence-corrected chi connectivity index (χ3v) is 2.68. The van der Waals surface area contributed by atoms with E-state index in [0.717, 1.165) is 12.0 Å². The molecule has 1 heterocycles. The maximum atomic E-state index is 10.7. The van der Waals surface area contributed by atoms with E-state index in [0.29, 0.717) is 5.75 Å². The van der Waals surface area contributed by atoms with Crippen LogP contribution < -0.4 is 4.74 Å². The number of nitriles is 1. The van der Waals surface area contributed by atoms with Crippen LogP contribution in [0.15, 0.2) is 36.4 Å². The SMILES string of the molecule is CCc1cccc(Oc2ccc([N+](=O)[O-])c(C#N)n2)c1.